The number of benzene rings is 3. The van der Waals surface area contributed by atoms with Crippen LogP contribution in [0.2, 0.25) is 0 Å². The summed E-state index contributed by atoms with van der Waals surface area (Å²) in [6.07, 6.45) is 3.72. The van der Waals surface area contributed by atoms with Crippen LogP contribution >= 0.6 is 0 Å². The molecule has 1 atom stereocenters. The van der Waals surface area contributed by atoms with Gasteiger partial charge >= 0.3 is 0 Å². The highest BCUT2D eigenvalue weighted by Crippen LogP contribution is 2.25. The summed E-state index contributed by atoms with van der Waals surface area (Å²) >= 11 is -1.04. The smallest absolute Gasteiger partial charge is 0.247 e. The van der Waals surface area contributed by atoms with Crippen molar-refractivity contribution in [3.05, 3.63) is 102 Å². The quantitative estimate of drug-likeness (QED) is 0.280. The zero-order valence-electron chi connectivity index (χ0n) is 20.2. The van der Waals surface area contributed by atoms with Gasteiger partial charge in [-0.15, -0.1) is 5.10 Å². The number of pyridine rings is 1. The second kappa shape index (κ2) is 10.4. The SMILES string of the molecule is Cc1cc([S+](C)[O-])ccc1Nc1nc2ccc(-c3ccc(NC(=O)Cc4ccc(F)cc4)cc3)cn2n1. The molecular formula is C28H24FN5O2S. The highest BCUT2D eigenvalue weighted by Gasteiger charge is 2.11. The first kappa shape index (κ1) is 24.5. The molecule has 0 aliphatic rings. The predicted octanol–water partition coefficient (Wildman–Crippen LogP) is 5.51. The van der Waals surface area contributed by atoms with E-state index in [1.165, 1.54) is 12.1 Å². The summed E-state index contributed by atoms with van der Waals surface area (Å²) in [6.45, 7) is 1.95. The minimum Gasteiger partial charge on any atom is -0.612 e. The molecule has 0 saturated carbocycles. The number of hydrogen-bond donors (Lipinski definition) is 2. The van der Waals surface area contributed by atoms with Crippen molar-refractivity contribution >= 4 is 40.1 Å². The van der Waals surface area contributed by atoms with Crippen molar-refractivity contribution in [1.82, 2.24) is 14.6 Å². The van der Waals surface area contributed by atoms with E-state index in [9.17, 15) is 13.7 Å². The number of nitrogens with one attached hydrogen (secondary N) is 2. The van der Waals surface area contributed by atoms with Crippen molar-refractivity contribution in [2.75, 3.05) is 16.9 Å². The summed E-state index contributed by atoms with van der Waals surface area (Å²) in [6, 6.07) is 22.9. The molecule has 0 spiro atoms. The van der Waals surface area contributed by atoms with Gasteiger partial charge in [-0.2, -0.15) is 4.98 Å². The summed E-state index contributed by atoms with van der Waals surface area (Å²) in [5.41, 5.74) is 5.83. The Kier molecular flexibility index (Phi) is 6.89. The van der Waals surface area contributed by atoms with Crippen molar-refractivity contribution < 1.29 is 13.7 Å². The van der Waals surface area contributed by atoms with E-state index in [2.05, 4.69) is 20.7 Å². The minimum atomic E-state index is -1.04. The predicted molar refractivity (Wildman–Crippen MR) is 144 cm³/mol. The number of aromatic nitrogens is 3. The van der Waals surface area contributed by atoms with E-state index in [4.69, 9.17) is 0 Å². The van der Waals surface area contributed by atoms with Gasteiger partial charge in [0.2, 0.25) is 11.9 Å². The van der Waals surface area contributed by atoms with Gasteiger partial charge in [-0.3, -0.25) is 4.79 Å². The third-order valence-corrected chi connectivity index (χ3v) is 6.80. The second-order valence-electron chi connectivity index (χ2n) is 8.64. The standard InChI is InChI=1S/C28H24FN5O2S/c1-18-15-24(37(2)36)12-13-25(18)31-28-32-26-14-7-21(17-34(26)33-28)20-5-10-23(11-6-20)30-27(35)16-19-3-8-22(29)9-4-19/h3-15,17H,16H2,1-2H3,(H,30,35)(H,31,33). The van der Waals surface area contributed by atoms with Crippen LogP contribution in [0.5, 0.6) is 0 Å². The third-order valence-electron chi connectivity index (χ3n) is 5.89. The monoisotopic (exact) mass is 513 g/mol. The summed E-state index contributed by atoms with van der Waals surface area (Å²) in [5.74, 6) is -0.0334. The molecule has 1 unspecified atom stereocenters. The molecular weight excluding hydrogens is 489 g/mol. The Labute approximate surface area is 216 Å². The van der Waals surface area contributed by atoms with Gasteiger partial charge in [0.05, 0.1) is 6.42 Å². The maximum atomic E-state index is 13.1. The van der Waals surface area contributed by atoms with Gasteiger partial charge < -0.3 is 15.2 Å². The first-order valence-corrected chi connectivity index (χ1v) is 13.1. The Morgan fingerprint density at radius 1 is 1.00 bits per heavy atom. The molecule has 5 rings (SSSR count). The average molecular weight is 514 g/mol. The van der Waals surface area contributed by atoms with Gasteiger partial charge in [-0.25, -0.2) is 8.91 Å². The number of carbonyl (C=O) groups is 1. The minimum absolute atomic E-state index is 0.170. The van der Waals surface area contributed by atoms with E-state index in [1.54, 1.807) is 22.9 Å². The largest absolute Gasteiger partial charge is 0.612 e. The molecule has 2 aromatic heterocycles. The fourth-order valence-corrected chi connectivity index (χ4v) is 4.52. The second-order valence-corrected chi connectivity index (χ2v) is 10.0. The molecule has 0 bridgehead atoms. The number of anilines is 3. The summed E-state index contributed by atoms with van der Waals surface area (Å²) in [5, 5.41) is 10.6. The maximum absolute atomic E-state index is 13.1. The van der Waals surface area contributed by atoms with E-state index in [1.807, 2.05) is 67.7 Å². The highest BCUT2D eigenvalue weighted by atomic mass is 32.2. The molecule has 1 amide bonds. The van der Waals surface area contributed by atoms with E-state index in [0.29, 0.717) is 17.3 Å². The molecule has 0 aliphatic carbocycles. The molecule has 0 saturated heterocycles. The zero-order valence-corrected chi connectivity index (χ0v) is 21.1. The van der Waals surface area contributed by atoms with Crippen molar-refractivity contribution in [3.63, 3.8) is 0 Å². The molecule has 186 valence electrons. The van der Waals surface area contributed by atoms with E-state index < -0.39 is 11.2 Å². The Morgan fingerprint density at radius 3 is 2.43 bits per heavy atom. The van der Waals surface area contributed by atoms with Crippen LogP contribution in [0.4, 0.5) is 21.7 Å². The van der Waals surface area contributed by atoms with Gasteiger partial charge in [0.25, 0.3) is 0 Å². The Hall–Kier alpha value is -4.21. The molecule has 2 N–H and O–H groups in total. The zero-order chi connectivity index (χ0) is 25.9. The first-order valence-electron chi connectivity index (χ1n) is 11.6. The molecule has 5 aromatic rings. The molecule has 2 heterocycles. The molecule has 37 heavy (non-hydrogen) atoms. The van der Waals surface area contributed by atoms with Crippen LogP contribution in [0.25, 0.3) is 16.8 Å². The number of fused-ring (bicyclic) bond motifs is 1. The van der Waals surface area contributed by atoms with Crippen LogP contribution in [0.15, 0.2) is 90.0 Å². The van der Waals surface area contributed by atoms with Crippen LogP contribution < -0.4 is 10.6 Å². The summed E-state index contributed by atoms with van der Waals surface area (Å²) in [4.78, 5) is 17.6. The van der Waals surface area contributed by atoms with Gasteiger partial charge in [-0.05, 0) is 89.4 Å². The van der Waals surface area contributed by atoms with Gasteiger partial charge in [0, 0.05) is 23.1 Å². The number of carbonyl (C=O) groups excluding carboxylic acids is 1. The number of aryl methyl sites for hydroxylation is 1. The van der Waals surface area contributed by atoms with Gasteiger partial charge in [0.15, 0.2) is 10.5 Å². The summed E-state index contributed by atoms with van der Waals surface area (Å²) in [7, 11) is 0. The molecule has 7 nitrogen and oxygen atoms in total. The lowest BCUT2D eigenvalue weighted by Crippen LogP contribution is -2.14. The van der Waals surface area contributed by atoms with E-state index in [0.717, 1.165) is 32.8 Å². The van der Waals surface area contributed by atoms with Crippen molar-refractivity contribution in [3.8, 4) is 11.1 Å². The van der Waals surface area contributed by atoms with Crippen LogP contribution in [0.1, 0.15) is 11.1 Å². The average Bonchev–Trinajstić information content (AvgIpc) is 3.28. The number of hydrogen-bond acceptors (Lipinski definition) is 5. The van der Waals surface area contributed by atoms with E-state index in [-0.39, 0.29) is 18.1 Å². The Bertz CT molecular complexity index is 1570. The lowest BCUT2D eigenvalue weighted by molar-refractivity contribution is -0.115. The molecule has 9 heteroatoms. The topological polar surface area (TPSA) is 94.4 Å². The first-order chi connectivity index (χ1) is 17.8. The van der Waals surface area contributed by atoms with Crippen molar-refractivity contribution in [2.24, 2.45) is 0 Å². The molecule has 0 aliphatic heterocycles. The highest BCUT2D eigenvalue weighted by molar-refractivity contribution is 7.90. The number of rotatable bonds is 7. The van der Waals surface area contributed by atoms with Gasteiger partial charge in [-0.1, -0.05) is 24.3 Å². The van der Waals surface area contributed by atoms with Gasteiger partial charge in [0.1, 0.15) is 12.1 Å². The number of halogens is 1. The summed E-state index contributed by atoms with van der Waals surface area (Å²) < 4.78 is 26.5. The van der Waals surface area contributed by atoms with E-state index >= 15 is 0 Å². The Balaban J connectivity index is 1.27. The van der Waals surface area contributed by atoms with Crippen molar-refractivity contribution in [1.29, 1.82) is 0 Å². The number of amides is 1. The molecule has 3 aromatic carbocycles. The van der Waals surface area contributed by atoms with Crippen LogP contribution in [0, 0.1) is 12.7 Å². The lowest BCUT2D eigenvalue weighted by atomic mass is 10.1. The van der Waals surface area contributed by atoms with Crippen LogP contribution in [0.3, 0.4) is 0 Å². The lowest BCUT2D eigenvalue weighted by Gasteiger charge is -2.09. The normalized spacial score (nSPS) is 11.9. The Morgan fingerprint density at radius 2 is 1.73 bits per heavy atom. The number of nitrogens with zero attached hydrogens (tertiary/aromatic N) is 3. The maximum Gasteiger partial charge on any atom is 0.247 e. The molecule has 0 fully saturated rings. The van der Waals surface area contributed by atoms with Crippen LogP contribution in [-0.4, -0.2) is 31.3 Å². The van der Waals surface area contributed by atoms with Crippen molar-refractivity contribution in [2.45, 2.75) is 18.2 Å². The third kappa shape index (κ3) is 5.79. The molecule has 0 radical (unpaired) electrons. The van der Waals surface area contributed by atoms with Crippen LogP contribution in [-0.2, 0) is 22.4 Å². The fourth-order valence-electron chi connectivity index (χ4n) is 3.92. The fraction of sp³-hybridized carbons (Fsp3) is 0.107.